The van der Waals surface area contributed by atoms with Crippen LogP contribution in [0.3, 0.4) is 0 Å². The van der Waals surface area contributed by atoms with Crippen LogP contribution in [0.5, 0.6) is 0 Å². The number of aliphatic hydroxyl groups is 1. The highest BCUT2D eigenvalue weighted by molar-refractivity contribution is 6.45. The molecule has 2 rings (SSSR count). The molecule has 0 amide bonds. The van der Waals surface area contributed by atoms with Gasteiger partial charge in [0.1, 0.15) is 17.1 Å². The van der Waals surface area contributed by atoms with Crippen LogP contribution in [0.1, 0.15) is 47.5 Å². The normalized spacial score (nSPS) is 27.1. The predicted octanol–water partition coefficient (Wildman–Crippen LogP) is 4.75. The molecule has 1 aliphatic heterocycles. The van der Waals surface area contributed by atoms with Crippen molar-refractivity contribution >= 4 is 23.2 Å². The molecule has 146 valence electrons. The van der Waals surface area contributed by atoms with Crippen LogP contribution in [0.2, 0.25) is 0 Å². The molecule has 0 fully saturated rings. The summed E-state index contributed by atoms with van der Waals surface area (Å²) < 4.78 is 5.68. The molecule has 1 heterocycles. The minimum absolute atomic E-state index is 0.0351. The molecule has 0 saturated carbocycles. The number of rotatable bonds is 6. The van der Waals surface area contributed by atoms with Gasteiger partial charge in [0.05, 0.1) is 11.3 Å². The highest BCUT2D eigenvalue weighted by atomic mass is 35.5. The SMILES string of the molecule is CC[C@H](C)/C=C(C)\C=C\C1=CC2=C(Cl)C(=O)[C@](C)(O)[C@H](CC(C)=O)C2=CO1. The van der Waals surface area contributed by atoms with Crippen LogP contribution < -0.4 is 0 Å². The van der Waals surface area contributed by atoms with Crippen molar-refractivity contribution in [2.75, 3.05) is 0 Å². The molecule has 0 saturated heterocycles. The van der Waals surface area contributed by atoms with Gasteiger partial charge in [-0.2, -0.15) is 0 Å². The Kier molecular flexibility index (Phi) is 6.66. The zero-order valence-corrected chi connectivity index (χ0v) is 17.3. The van der Waals surface area contributed by atoms with Gasteiger partial charge in [-0.15, -0.1) is 0 Å². The Morgan fingerprint density at radius 1 is 1.44 bits per heavy atom. The van der Waals surface area contributed by atoms with E-state index in [1.807, 2.05) is 19.1 Å². The summed E-state index contributed by atoms with van der Waals surface area (Å²) in [6.07, 6.45) is 10.2. The Bertz CT molecular complexity index is 793. The fraction of sp³-hybridized carbons (Fsp3) is 0.455. The van der Waals surface area contributed by atoms with E-state index in [4.69, 9.17) is 16.3 Å². The van der Waals surface area contributed by atoms with Crippen molar-refractivity contribution < 1.29 is 19.4 Å². The van der Waals surface area contributed by atoms with Crippen molar-refractivity contribution in [1.29, 1.82) is 0 Å². The van der Waals surface area contributed by atoms with Gasteiger partial charge in [0.2, 0.25) is 5.78 Å². The Morgan fingerprint density at radius 2 is 2.11 bits per heavy atom. The van der Waals surface area contributed by atoms with Gasteiger partial charge >= 0.3 is 0 Å². The van der Waals surface area contributed by atoms with E-state index in [0.29, 0.717) is 22.8 Å². The van der Waals surface area contributed by atoms with Gasteiger partial charge in [-0.1, -0.05) is 49.6 Å². The first-order chi connectivity index (χ1) is 12.6. The number of fused-ring (bicyclic) bond motifs is 1. The molecular formula is C22H27ClO4. The molecule has 1 N–H and O–H groups in total. The van der Waals surface area contributed by atoms with Gasteiger partial charge in [-0.3, -0.25) is 4.79 Å². The minimum atomic E-state index is -1.74. The fourth-order valence-electron chi connectivity index (χ4n) is 3.24. The standard InChI is InChI=1S/C22H27ClO4/c1-6-13(2)9-14(3)7-8-16-11-17-18(12-27-16)19(10-15(4)24)22(5,26)21(25)20(17)23/h7-9,11-13,19,26H,6,10H2,1-5H3/b8-7+,14-9-/t13-,19+,22+/m0/s1. The van der Waals surface area contributed by atoms with E-state index in [2.05, 4.69) is 19.9 Å². The Labute approximate surface area is 165 Å². The van der Waals surface area contributed by atoms with Crippen LogP contribution in [0.25, 0.3) is 0 Å². The van der Waals surface area contributed by atoms with E-state index >= 15 is 0 Å². The van der Waals surface area contributed by atoms with Crippen LogP contribution in [0.4, 0.5) is 0 Å². The third-order valence-corrected chi connectivity index (χ3v) is 5.44. The molecule has 0 aromatic heterocycles. The van der Waals surface area contributed by atoms with Crippen LogP contribution in [0, 0.1) is 11.8 Å². The quantitative estimate of drug-likeness (QED) is 0.664. The second-order valence-electron chi connectivity index (χ2n) is 7.53. The third kappa shape index (κ3) is 4.69. The van der Waals surface area contributed by atoms with Gasteiger partial charge in [0.25, 0.3) is 0 Å². The molecule has 1 aliphatic carbocycles. The Hall–Kier alpha value is -1.91. The second kappa shape index (κ2) is 8.41. The van der Waals surface area contributed by atoms with Crippen molar-refractivity contribution in [2.45, 2.75) is 53.1 Å². The van der Waals surface area contributed by atoms with Crippen LogP contribution in [-0.2, 0) is 14.3 Å². The third-order valence-electron chi connectivity index (χ3n) is 5.06. The number of carbonyl (C=O) groups excluding carboxylic acids is 2. The number of carbonyl (C=O) groups is 2. The molecule has 0 aromatic rings. The van der Waals surface area contributed by atoms with Crippen LogP contribution in [0.15, 0.2) is 58.1 Å². The molecule has 0 spiro atoms. The largest absolute Gasteiger partial charge is 0.465 e. The maximum Gasteiger partial charge on any atom is 0.206 e. The van der Waals surface area contributed by atoms with Gasteiger partial charge in [-0.25, -0.2) is 0 Å². The number of hydrogen-bond donors (Lipinski definition) is 1. The first-order valence-electron chi connectivity index (χ1n) is 9.19. The summed E-state index contributed by atoms with van der Waals surface area (Å²) in [5.41, 5.74) is 0.455. The summed E-state index contributed by atoms with van der Waals surface area (Å²) in [6, 6.07) is 0. The Balaban J connectivity index is 2.36. The van der Waals surface area contributed by atoms with E-state index in [9.17, 15) is 14.7 Å². The highest BCUT2D eigenvalue weighted by Crippen LogP contribution is 2.44. The number of halogens is 1. The maximum atomic E-state index is 12.5. The van der Waals surface area contributed by atoms with Gasteiger partial charge < -0.3 is 14.6 Å². The molecule has 3 atom stereocenters. The molecule has 0 unspecified atom stereocenters. The van der Waals surface area contributed by atoms with Gasteiger partial charge in [0, 0.05) is 23.5 Å². The monoisotopic (exact) mass is 390 g/mol. The fourth-order valence-corrected chi connectivity index (χ4v) is 3.59. The molecule has 0 radical (unpaired) electrons. The summed E-state index contributed by atoms with van der Waals surface area (Å²) >= 11 is 6.25. The molecular weight excluding hydrogens is 364 g/mol. The lowest BCUT2D eigenvalue weighted by molar-refractivity contribution is -0.137. The average Bonchev–Trinajstić information content (AvgIpc) is 2.61. The topological polar surface area (TPSA) is 63.6 Å². The summed E-state index contributed by atoms with van der Waals surface area (Å²) in [7, 11) is 0. The number of Topliss-reactive ketones (excluding diaryl/α,β-unsaturated/α-hetero) is 2. The van der Waals surface area contributed by atoms with Crippen molar-refractivity contribution in [1.82, 2.24) is 0 Å². The minimum Gasteiger partial charge on any atom is -0.465 e. The lowest BCUT2D eigenvalue weighted by Crippen LogP contribution is -2.48. The lowest BCUT2D eigenvalue weighted by atomic mass is 9.70. The van der Waals surface area contributed by atoms with Crippen molar-refractivity contribution in [3.8, 4) is 0 Å². The van der Waals surface area contributed by atoms with E-state index in [1.165, 1.54) is 20.1 Å². The number of hydrogen-bond acceptors (Lipinski definition) is 4. The second-order valence-corrected chi connectivity index (χ2v) is 7.91. The summed E-state index contributed by atoms with van der Waals surface area (Å²) in [6.45, 7) is 9.13. The van der Waals surface area contributed by atoms with Gasteiger partial charge in [0.15, 0.2) is 0 Å². The predicted molar refractivity (Wildman–Crippen MR) is 107 cm³/mol. The van der Waals surface area contributed by atoms with Gasteiger partial charge in [-0.05, 0) is 38.8 Å². The Morgan fingerprint density at radius 3 is 2.70 bits per heavy atom. The average molecular weight is 391 g/mol. The zero-order chi connectivity index (χ0) is 20.4. The van der Waals surface area contributed by atoms with E-state index < -0.39 is 17.3 Å². The number of ether oxygens (including phenoxy) is 1. The van der Waals surface area contributed by atoms with E-state index in [0.717, 1.165) is 12.0 Å². The lowest BCUT2D eigenvalue weighted by Gasteiger charge is -2.38. The smallest absolute Gasteiger partial charge is 0.206 e. The van der Waals surface area contributed by atoms with Crippen molar-refractivity contribution in [2.24, 2.45) is 11.8 Å². The summed E-state index contributed by atoms with van der Waals surface area (Å²) in [5.74, 6) is -0.345. The molecule has 0 aromatic carbocycles. The maximum absolute atomic E-state index is 12.5. The number of allylic oxidation sites excluding steroid dienone is 6. The first kappa shape index (κ1) is 21.4. The van der Waals surface area contributed by atoms with E-state index in [1.54, 1.807) is 6.08 Å². The van der Waals surface area contributed by atoms with E-state index in [-0.39, 0.29) is 17.2 Å². The summed E-state index contributed by atoms with van der Waals surface area (Å²) in [5, 5.41) is 10.6. The molecule has 0 bridgehead atoms. The number of ketones is 2. The molecule has 2 aliphatic rings. The molecule has 4 nitrogen and oxygen atoms in total. The first-order valence-corrected chi connectivity index (χ1v) is 9.57. The van der Waals surface area contributed by atoms with Crippen molar-refractivity contribution in [3.63, 3.8) is 0 Å². The zero-order valence-electron chi connectivity index (χ0n) is 16.5. The van der Waals surface area contributed by atoms with Crippen molar-refractivity contribution in [3.05, 3.63) is 58.1 Å². The van der Waals surface area contributed by atoms with Crippen LogP contribution >= 0.6 is 11.6 Å². The summed E-state index contributed by atoms with van der Waals surface area (Å²) in [4.78, 5) is 24.2. The molecule has 27 heavy (non-hydrogen) atoms. The van der Waals surface area contributed by atoms with Crippen LogP contribution in [-0.4, -0.2) is 22.3 Å². The highest BCUT2D eigenvalue weighted by Gasteiger charge is 2.48. The molecule has 5 heteroatoms.